The van der Waals surface area contributed by atoms with Crippen LogP contribution in [0.15, 0.2) is 0 Å². The van der Waals surface area contributed by atoms with E-state index in [0.717, 1.165) is 37.9 Å². The molecule has 1 aliphatic rings. The van der Waals surface area contributed by atoms with Crippen LogP contribution in [0.1, 0.15) is 51.8 Å². The third kappa shape index (κ3) is 2.71. The van der Waals surface area contributed by atoms with Crippen LogP contribution in [0.5, 0.6) is 0 Å². The van der Waals surface area contributed by atoms with Gasteiger partial charge in [-0.3, -0.25) is 15.2 Å². The molecule has 2 N–H and O–H groups in total. The molecule has 5 heteroatoms. The summed E-state index contributed by atoms with van der Waals surface area (Å²) in [6, 6.07) is 0. The molecule has 18 heavy (non-hydrogen) atoms. The Morgan fingerprint density at radius 2 is 2.11 bits per heavy atom. The Hall–Kier alpha value is -1.39. The molecular formula is C13H22N4O. The van der Waals surface area contributed by atoms with Gasteiger partial charge >= 0.3 is 0 Å². The molecule has 5 nitrogen and oxygen atoms in total. The maximum Gasteiger partial charge on any atom is 0.248 e. The quantitative estimate of drug-likeness (QED) is 0.863. The number of carbonyl (C=O) groups is 1. The number of H-pyrrole nitrogens is 1. The molecule has 0 aromatic carbocycles. The van der Waals surface area contributed by atoms with Gasteiger partial charge in [0.2, 0.25) is 11.9 Å². The average Bonchev–Trinajstić information content (AvgIpc) is 2.88. The summed E-state index contributed by atoms with van der Waals surface area (Å²) >= 11 is 0. The molecule has 0 radical (unpaired) electrons. The van der Waals surface area contributed by atoms with Crippen LogP contribution in [0.3, 0.4) is 0 Å². The first-order valence-electron chi connectivity index (χ1n) is 6.72. The molecule has 0 bridgehead atoms. The van der Waals surface area contributed by atoms with Crippen LogP contribution in [0.25, 0.3) is 0 Å². The van der Waals surface area contributed by atoms with Gasteiger partial charge in [0.25, 0.3) is 0 Å². The van der Waals surface area contributed by atoms with Crippen molar-refractivity contribution in [1.82, 2.24) is 15.2 Å². The second kappa shape index (κ2) is 5.08. The SMILES string of the molecule is Cc1nc(NC(=O)C2(CC(C)C)CCCC2)n[nH]1. The van der Waals surface area contributed by atoms with Gasteiger partial charge in [0, 0.05) is 5.41 Å². The van der Waals surface area contributed by atoms with E-state index in [1.54, 1.807) is 0 Å². The third-order valence-electron chi connectivity index (χ3n) is 3.66. The Balaban J connectivity index is 2.09. The highest BCUT2D eigenvalue weighted by Crippen LogP contribution is 2.43. The highest BCUT2D eigenvalue weighted by Gasteiger charge is 2.41. The molecule has 1 amide bonds. The first-order chi connectivity index (χ1) is 8.52. The lowest BCUT2D eigenvalue weighted by atomic mass is 9.78. The summed E-state index contributed by atoms with van der Waals surface area (Å²) in [4.78, 5) is 16.6. The van der Waals surface area contributed by atoms with Gasteiger partial charge in [-0.25, -0.2) is 0 Å². The van der Waals surface area contributed by atoms with Gasteiger partial charge in [-0.15, -0.1) is 5.10 Å². The van der Waals surface area contributed by atoms with E-state index < -0.39 is 0 Å². The third-order valence-corrected chi connectivity index (χ3v) is 3.66. The van der Waals surface area contributed by atoms with E-state index in [1.807, 2.05) is 6.92 Å². The summed E-state index contributed by atoms with van der Waals surface area (Å²) in [6.07, 6.45) is 5.21. The number of carbonyl (C=O) groups excluding carboxylic acids is 1. The molecule has 1 fully saturated rings. The summed E-state index contributed by atoms with van der Waals surface area (Å²) in [5, 5.41) is 9.57. The molecule has 2 rings (SSSR count). The number of hydrogen-bond donors (Lipinski definition) is 2. The zero-order valence-electron chi connectivity index (χ0n) is 11.4. The van der Waals surface area contributed by atoms with E-state index in [9.17, 15) is 4.79 Å². The summed E-state index contributed by atoms with van der Waals surface area (Å²) in [5.74, 6) is 1.73. The van der Waals surface area contributed by atoms with Gasteiger partial charge in [0.15, 0.2) is 0 Å². The monoisotopic (exact) mass is 250 g/mol. The van der Waals surface area contributed by atoms with Crippen LogP contribution in [0, 0.1) is 18.3 Å². The van der Waals surface area contributed by atoms with Crippen molar-refractivity contribution in [2.75, 3.05) is 5.32 Å². The Bertz CT molecular complexity index is 418. The zero-order chi connectivity index (χ0) is 13.2. The van der Waals surface area contributed by atoms with E-state index in [1.165, 1.54) is 0 Å². The number of hydrogen-bond acceptors (Lipinski definition) is 3. The molecule has 0 spiro atoms. The van der Waals surface area contributed by atoms with Crippen molar-refractivity contribution in [2.24, 2.45) is 11.3 Å². The van der Waals surface area contributed by atoms with Crippen LogP contribution < -0.4 is 5.32 Å². The van der Waals surface area contributed by atoms with Crippen molar-refractivity contribution < 1.29 is 4.79 Å². The van der Waals surface area contributed by atoms with E-state index in [2.05, 4.69) is 34.3 Å². The van der Waals surface area contributed by atoms with Crippen LogP contribution in [0.2, 0.25) is 0 Å². The predicted molar refractivity (Wildman–Crippen MR) is 70.1 cm³/mol. The number of anilines is 1. The number of aromatic nitrogens is 3. The molecule has 0 atom stereocenters. The molecule has 1 aliphatic carbocycles. The van der Waals surface area contributed by atoms with Gasteiger partial charge in [-0.2, -0.15) is 4.98 Å². The molecule has 0 aliphatic heterocycles. The maximum absolute atomic E-state index is 12.5. The lowest BCUT2D eigenvalue weighted by molar-refractivity contribution is -0.126. The minimum atomic E-state index is -0.206. The summed E-state index contributed by atoms with van der Waals surface area (Å²) in [7, 11) is 0. The Labute approximate surface area is 108 Å². The lowest BCUT2D eigenvalue weighted by Crippen LogP contribution is -2.35. The summed E-state index contributed by atoms with van der Waals surface area (Å²) in [6.45, 7) is 6.16. The number of aryl methyl sites for hydroxylation is 1. The van der Waals surface area contributed by atoms with Crippen molar-refractivity contribution in [3.05, 3.63) is 5.82 Å². The van der Waals surface area contributed by atoms with Crippen LogP contribution in [0.4, 0.5) is 5.95 Å². The first-order valence-corrected chi connectivity index (χ1v) is 6.72. The van der Waals surface area contributed by atoms with Gasteiger partial charge < -0.3 is 0 Å². The fourth-order valence-electron chi connectivity index (χ4n) is 2.99. The van der Waals surface area contributed by atoms with Crippen molar-refractivity contribution in [2.45, 2.75) is 52.9 Å². The standard InChI is InChI=1S/C13H22N4O/c1-9(2)8-13(6-4-5-7-13)11(18)15-12-14-10(3)16-17-12/h9H,4-8H2,1-3H3,(H2,14,15,16,17,18). The second-order valence-corrected chi connectivity index (χ2v) is 5.78. The second-order valence-electron chi connectivity index (χ2n) is 5.78. The van der Waals surface area contributed by atoms with Crippen LogP contribution in [-0.4, -0.2) is 21.1 Å². The van der Waals surface area contributed by atoms with Gasteiger partial charge in [0.05, 0.1) is 0 Å². The molecule has 0 saturated heterocycles. The minimum Gasteiger partial charge on any atom is -0.293 e. The average molecular weight is 250 g/mol. The zero-order valence-corrected chi connectivity index (χ0v) is 11.4. The molecule has 1 heterocycles. The Kier molecular flexibility index (Phi) is 3.68. The van der Waals surface area contributed by atoms with Crippen molar-refractivity contribution in [3.63, 3.8) is 0 Å². The van der Waals surface area contributed by atoms with Crippen LogP contribution >= 0.6 is 0 Å². The normalized spacial score (nSPS) is 18.2. The highest BCUT2D eigenvalue weighted by atomic mass is 16.2. The van der Waals surface area contributed by atoms with E-state index in [0.29, 0.717) is 11.9 Å². The van der Waals surface area contributed by atoms with E-state index >= 15 is 0 Å². The summed E-state index contributed by atoms with van der Waals surface area (Å²) < 4.78 is 0. The van der Waals surface area contributed by atoms with E-state index in [4.69, 9.17) is 0 Å². The van der Waals surface area contributed by atoms with Crippen molar-refractivity contribution >= 4 is 11.9 Å². The Morgan fingerprint density at radius 3 is 2.61 bits per heavy atom. The highest BCUT2D eigenvalue weighted by molar-refractivity contribution is 5.94. The van der Waals surface area contributed by atoms with Gasteiger partial charge in [-0.1, -0.05) is 26.7 Å². The van der Waals surface area contributed by atoms with Crippen molar-refractivity contribution in [3.8, 4) is 0 Å². The number of nitrogens with one attached hydrogen (secondary N) is 2. The largest absolute Gasteiger partial charge is 0.293 e. The summed E-state index contributed by atoms with van der Waals surface area (Å²) in [5.41, 5.74) is -0.206. The number of rotatable bonds is 4. The predicted octanol–water partition coefficient (Wildman–Crippen LogP) is 2.66. The van der Waals surface area contributed by atoms with Gasteiger partial charge in [0.1, 0.15) is 5.82 Å². The molecule has 1 aromatic rings. The first kappa shape index (κ1) is 13.1. The Morgan fingerprint density at radius 1 is 1.44 bits per heavy atom. The molecule has 0 unspecified atom stereocenters. The van der Waals surface area contributed by atoms with Crippen LogP contribution in [-0.2, 0) is 4.79 Å². The smallest absolute Gasteiger partial charge is 0.248 e. The minimum absolute atomic E-state index is 0.0905. The number of amides is 1. The molecule has 1 aromatic heterocycles. The topological polar surface area (TPSA) is 70.7 Å². The fraction of sp³-hybridized carbons (Fsp3) is 0.769. The maximum atomic E-state index is 12.5. The molecular weight excluding hydrogens is 228 g/mol. The fourth-order valence-corrected chi connectivity index (χ4v) is 2.99. The van der Waals surface area contributed by atoms with E-state index in [-0.39, 0.29) is 11.3 Å². The number of nitrogens with zero attached hydrogens (tertiary/aromatic N) is 2. The molecule has 100 valence electrons. The molecule has 1 saturated carbocycles. The lowest BCUT2D eigenvalue weighted by Gasteiger charge is -2.28. The van der Waals surface area contributed by atoms with Gasteiger partial charge in [-0.05, 0) is 32.1 Å². The van der Waals surface area contributed by atoms with Crippen molar-refractivity contribution in [1.29, 1.82) is 0 Å². The number of aromatic amines is 1.